The van der Waals surface area contributed by atoms with Crippen molar-refractivity contribution in [2.75, 3.05) is 13.7 Å². The lowest BCUT2D eigenvalue weighted by Crippen LogP contribution is -2.01. The smallest absolute Gasteiger partial charge is 0.304 e. The lowest BCUT2D eigenvalue weighted by Gasteiger charge is -1.98. The van der Waals surface area contributed by atoms with Crippen LogP contribution in [0.5, 0.6) is 11.6 Å². The number of halogens is 1. The van der Waals surface area contributed by atoms with Crippen molar-refractivity contribution < 1.29 is 19.5 Å². The van der Waals surface area contributed by atoms with Crippen molar-refractivity contribution in [2.45, 2.75) is 0 Å². The van der Waals surface area contributed by atoms with Gasteiger partial charge in [-0.25, -0.2) is 0 Å². The highest BCUT2D eigenvalue weighted by Crippen LogP contribution is 2.36. The molecule has 138 valence electrons. The molecule has 0 aliphatic carbocycles. The Kier molecular flexibility index (Phi) is 5.82. The molecule has 1 heterocycles. The van der Waals surface area contributed by atoms with E-state index in [2.05, 4.69) is 36.3 Å². The molecule has 8 nitrogen and oxygen atoms in total. The quantitative estimate of drug-likeness (QED) is 0.345. The zero-order valence-electron chi connectivity index (χ0n) is 14.2. The molecule has 2 N–H and O–H groups in total. The molecule has 0 saturated carbocycles. The molecule has 27 heavy (non-hydrogen) atoms. The van der Waals surface area contributed by atoms with Gasteiger partial charge >= 0.3 is 5.91 Å². The maximum Gasteiger partial charge on any atom is 0.304 e. The van der Waals surface area contributed by atoms with E-state index in [1.165, 1.54) is 6.21 Å². The Hall–Kier alpha value is -3.20. The van der Waals surface area contributed by atoms with Crippen LogP contribution in [0.3, 0.4) is 0 Å². The van der Waals surface area contributed by atoms with E-state index in [0.717, 1.165) is 15.8 Å². The fourth-order valence-electron chi connectivity index (χ4n) is 2.25. The van der Waals surface area contributed by atoms with E-state index in [1.807, 2.05) is 6.07 Å². The van der Waals surface area contributed by atoms with Crippen LogP contribution < -0.4 is 4.74 Å². The molecule has 0 fully saturated rings. The van der Waals surface area contributed by atoms with Gasteiger partial charge in [0, 0.05) is 9.86 Å². The van der Waals surface area contributed by atoms with Gasteiger partial charge in [0.2, 0.25) is 5.88 Å². The summed E-state index contributed by atoms with van der Waals surface area (Å²) >= 11 is 3.35. The second kappa shape index (κ2) is 8.45. The molecule has 0 spiro atoms. The second-order valence-corrected chi connectivity index (χ2v) is 6.30. The first kappa shape index (κ1) is 18.6. The van der Waals surface area contributed by atoms with Crippen molar-refractivity contribution in [2.24, 2.45) is 15.4 Å². The third-order valence-corrected chi connectivity index (χ3v) is 4.05. The first-order valence-corrected chi connectivity index (χ1v) is 8.60. The second-order valence-electron chi connectivity index (χ2n) is 5.39. The Balaban J connectivity index is 1.58. The van der Waals surface area contributed by atoms with E-state index in [4.69, 9.17) is 9.57 Å². The van der Waals surface area contributed by atoms with Crippen LogP contribution in [0, 0.1) is 0 Å². The number of hydrogen-bond donors (Lipinski definition) is 2. The lowest BCUT2D eigenvalue weighted by molar-refractivity contribution is -0.122. The van der Waals surface area contributed by atoms with Crippen molar-refractivity contribution >= 4 is 44.6 Å². The van der Waals surface area contributed by atoms with Crippen molar-refractivity contribution in [3.05, 3.63) is 52.5 Å². The first-order chi connectivity index (χ1) is 13.1. The first-order valence-electron chi connectivity index (χ1n) is 7.81. The molecule has 0 bridgehead atoms. The van der Waals surface area contributed by atoms with Crippen LogP contribution in [0.1, 0.15) is 5.56 Å². The number of azo groups is 1. The highest BCUT2D eigenvalue weighted by Gasteiger charge is 2.11. The zero-order chi connectivity index (χ0) is 19.2. The van der Waals surface area contributed by atoms with Crippen LogP contribution in [-0.2, 0) is 9.63 Å². The molecule has 0 saturated heterocycles. The number of rotatable bonds is 6. The third-order valence-electron chi connectivity index (χ3n) is 3.56. The minimum Gasteiger partial charge on any atom is -0.497 e. The summed E-state index contributed by atoms with van der Waals surface area (Å²) < 4.78 is 5.87. The Bertz CT molecular complexity index is 1010. The van der Waals surface area contributed by atoms with Gasteiger partial charge in [-0.05, 0) is 48.0 Å². The van der Waals surface area contributed by atoms with Crippen LogP contribution in [0.25, 0.3) is 10.9 Å². The van der Waals surface area contributed by atoms with Gasteiger partial charge < -0.3 is 19.7 Å². The molecule has 0 aliphatic heterocycles. The molecule has 0 aliphatic rings. The molecule has 2 aromatic carbocycles. The monoisotopic (exact) mass is 430 g/mol. The van der Waals surface area contributed by atoms with Crippen molar-refractivity contribution in [3.8, 4) is 11.6 Å². The largest absolute Gasteiger partial charge is 0.497 e. The summed E-state index contributed by atoms with van der Waals surface area (Å²) in [5, 5.41) is 21.6. The number of aromatic hydroxyl groups is 1. The van der Waals surface area contributed by atoms with E-state index in [1.54, 1.807) is 43.5 Å². The van der Waals surface area contributed by atoms with Crippen molar-refractivity contribution in [1.29, 1.82) is 0 Å². The van der Waals surface area contributed by atoms with Gasteiger partial charge in [0.25, 0.3) is 0 Å². The highest BCUT2D eigenvalue weighted by molar-refractivity contribution is 9.10. The number of nitrogens with one attached hydrogen (secondary N) is 1. The highest BCUT2D eigenvalue weighted by atomic mass is 79.9. The number of nitrogens with zero attached hydrogens (tertiary/aromatic N) is 3. The van der Waals surface area contributed by atoms with E-state index in [9.17, 15) is 9.90 Å². The number of amides is 1. The van der Waals surface area contributed by atoms with Gasteiger partial charge in [-0.3, -0.25) is 4.79 Å². The number of H-pyrrole nitrogens is 1. The predicted molar refractivity (Wildman–Crippen MR) is 104 cm³/mol. The van der Waals surface area contributed by atoms with E-state index in [0.29, 0.717) is 10.9 Å². The van der Waals surface area contributed by atoms with Crippen LogP contribution in [0.4, 0.5) is 5.69 Å². The van der Waals surface area contributed by atoms with Gasteiger partial charge in [-0.15, -0.1) is 10.2 Å². The third kappa shape index (κ3) is 4.70. The average molecular weight is 431 g/mol. The minimum atomic E-state index is -0.634. The number of carbonyl (C=O) groups excluding carboxylic acids is 1. The van der Waals surface area contributed by atoms with Crippen molar-refractivity contribution in [3.63, 3.8) is 0 Å². The minimum absolute atomic E-state index is 0.168. The summed E-state index contributed by atoms with van der Waals surface area (Å²) in [4.78, 5) is 19.5. The molecule has 0 atom stereocenters. The van der Waals surface area contributed by atoms with Crippen LogP contribution in [0.2, 0.25) is 0 Å². The SMILES string of the molecule is COc1ccc(/C=N\OCC(=O)N=Nc2c(O)[nH]c3ccc(Br)cc23)cc1. The van der Waals surface area contributed by atoms with Crippen LogP contribution in [-0.4, -0.2) is 35.9 Å². The Morgan fingerprint density at radius 3 is 2.78 bits per heavy atom. The summed E-state index contributed by atoms with van der Waals surface area (Å²) in [7, 11) is 1.58. The molecule has 1 aromatic heterocycles. The number of aromatic nitrogens is 1. The maximum atomic E-state index is 11.8. The molecule has 9 heteroatoms. The maximum absolute atomic E-state index is 11.8. The Morgan fingerprint density at radius 1 is 1.26 bits per heavy atom. The van der Waals surface area contributed by atoms with Gasteiger partial charge in [0.15, 0.2) is 12.3 Å². The lowest BCUT2D eigenvalue weighted by atomic mass is 10.2. The van der Waals surface area contributed by atoms with E-state index < -0.39 is 5.91 Å². The molecule has 0 radical (unpaired) electrons. The van der Waals surface area contributed by atoms with Gasteiger partial charge in [0.05, 0.1) is 18.8 Å². The fourth-order valence-corrected chi connectivity index (χ4v) is 2.61. The predicted octanol–water partition coefficient (Wildman–Crippen LogP) is 4.31. The zero-order valence-corrected chi connectivity index (χ0v) is 15.8. The van der Waals surface area contributed by atoms with Crippen LogP contribution in [0.15, 0.2) is 62.3 Å². The number of aromatic amines is 1. The summed E-state index contributed by atoms with van der Waals surface area (Å²) in [6.07, 6.45) is 1.47. The topological polar surface area (TPSA) is 109 Å². The number of benzene rings is 2. The standard InChI is InChI=1S/C18H15BrN4O4/c1-26-13-5-2-11(3-6-13)9-20-27-10-16(24)22-23-17-14-8-12(19)4-7-15(14)21-18(17)25/h2-9,21,25H,10H2,1H3/b20-9-,23-22?. The summed E-state index contributed by atoms with van der Waals surface area (Å²) in [6, 6.07) is 12.5. The number of fused-ring (bicyclic) bond motifs is 1. The van der Waals surface area contributed by atoms with Gasteiger partial charge in [0.1, 0.15) is 5.75 Å². The molecular formula is C18H15BrN4O4. The normalized spacial score (nSPS) is 11.5. The summed E-state index contributed by atoms with van der Waals surface area (Å²) in [6.45, 7) is -0.372. The molecule has 0 unspecified atom stereocenters. The van der Waals surface area contributed by atoms with Gasteiger partial charge in [-0.2, -0.15) is 0 Å². The summed E-state index contributed by atoms with van der Waals surface area (Å²) in [5.41, 5.74) is 1.65. The van der Waals surface area contributed by atoms with Crippen LogP contribution >= 0.6 is 15.9 Å². The molecular weight excluding hydrogens is 416 g/mol. The van der Waals surface area contributed by atoms with E-state index >= 15 is 0 Å². The molecule has 3 aromatic rings. The molecule has 1 amide bonds. The Morgan fingerprint density at radius 2 is 2.04 bits per heavy atom. The fraction of sp³-hybridized carbons (Fsp3) is 0.111. The molecule has 3 rings (SSSR count). The number of hydrogen-bond acceptors (Lipinski definition) is 6. The summed E-state index contributed by atoms with van der Waals surface area (Å²) in [5.74, 6) is -0.0695. The number of oxime groups is 1. The Labute approximate surface area is 162 Å². The van der Waals surface area contributed by atoms with Crippen molar-refractivity contribution in [1.82, 2.24) is 4.98 Å². The van der Waals surface area contributed by atoms with Gasteiger partial charge in [-0.1, -0.05) is 21.1 Å². The van der Waals surface area contributed by atoms with E-state index in [-0.39, 0.29) is 18.2 Å². The number of carbonyl (C=O) groups is 1. The number of methoxy groups -OCH3 is 1. The number of ether oxygens (including phenoxy) is 1. The average Bonchev–Trinajstić information content (AvgIpc) is 2.98.